The quantitative estimate of drug-likeness (QED) is 0.577. The summed E-state index contributed by atoms with van der Waals surface area (Å²) in [5.74, 6) is 0.213. The lowest BCUT2D eigenvalue weighted by Crippen LogP contribution is -2.23. The third-order valence-electron chi connectivity index (χ3n) is 3.53. The molecule has 2 aromatic rings. The standard InChI is InChI=1S/C17H19F3N4.BrH/c1-11-6-7-14(10-12(11)2)24-16(21)22-9-8-13-4-3-5-15(23-13)17(18,19)20;/h3-7,10H,8-9H2,1-2H3,(H3,21,22,24);1H. The molecule has 0 unspecified atom stereocenters. The van der Waals surface area contributed by atoms with Gasteiger partial charge in [0.2, 0.25) is 0 Å². The molecular formula is C17H20BrF3N4. The minimum absolute atomic E-state index is 0. The molecule has 0 atom stereocenters. The molecule has 8 heteroatoms. The maximum Gasteiger partial charge on any atom is 0.433 e. The number of hydrogen-bond donors (Lipinski definition) is 2. The van der Waals surface area contributed by atoms with E-state index in [1.165, 1.54) is 17.7 Å². The van der Waals surface area contributed by atoms with Gasteiger partial charge in [-0.1, -0.05) is 12.1 Å². The van der Waals surface area contributed by atoms with Crippen LogP contribution in [0.4, 0.5) is 18.9 Å². The highest BCUT2D eigenvalue weighted by Gasteiger charge is 2.32. The van der Waals surface area contributed by atoms with E-state index in [0.29, 0.717) is 5.69 Å². The van der Waals surface area contributed by atoms with Gasteiger partial charge in [-0.25, -0.2) is 4.98 Å². The van der Waals surface area contributed by atoms with Crippen LogP contribution >= 0.6 is 17.0 Å². The van der Waals surface area contributed by atoms with Crippen LogP contribution in [0.5, 0.6) is 0 Å². The van der Waals surface area contributed by atoms with Crippen molar-refractivity contribution in [1.29, 1.82) is 0 Å². The first-order chi connectivity index (χ1) is 11.3. The van der Waals surface area contributed by atoms with Crippen LogP contribution in [0.25, 0.3) is 0 Å². The van der Waals surface area contributed by atoms with Crippen molar-refractivity contribution in [2.75, 3.05) is 11.9 Å². The van der Waals surface area contributed by atoms with Gasteiger partial charge in [0.25, 0.3) is 0 Å². The van der Waals surface area contributed by atoms with Crippen molar-refractivity contribution in [3.63, 3.8) is 0 Å². The van der Waals surface area contributed by atoms with E-state index in [0.717, 1.165) is 17.3 Å². The molecule has 25 heavy (non-hydrogen) atoms. The van der Waals surface area contributed by atoms with Crippen molar-refractivity contribution in [3.05, 3.63) is 58.9 Å². The number of nitrogens with one attached hydrogen (secondary N) is 1. The second kappa shape index (κ2) is 8.84. The predicted molar refractivity (Wildman–Crippen MR) is 99.3 cm³/mol. The van der Waals surface area contributed by atoms with E-state index in [2.05, 4.69) is 15.3 Å². The molecule has 1 aromatic carbocycles. The van der Waals surface area contributed by atoms with Gasteiger partial charge in [0.1, 0.15) is 5.69 Å². The van der Waals surface area contributed by atoms with Crippen molar-refractivity contribution in [1.82, 2.24) is 4.98 Å². The summed E-state index contributed by atoms with van der Waals surface area (Å²) in [6.45, 7) is 4.25. The van der Waals surface area contributed by atoms with E-state index in [9.17, 15) is 13.2 Å². The van der Waals surface area contributed by atoms with E-state index in [4.69, 9.17) is 5.73 Å². The summed E-state index contributed by atoms with van der Waals surface area (Å²) in [5.41, 5.74) is 8.34. The maximum atomic E-state index is 12.6. The molecule has 0 aliphatic carbocycles. The molecule has 1 heterocycles. The van der Waals surface area contributed by atoms with Gasteiger partial charge in [-0.2, -0.15) is 13.2 Å². The third kappa shape index (κ3) is 6.38. The van der Waals surface area contributed by atoms with Gasteiger partial charge in [-0.3, -0.25) is 4.99 Å². The van der Waals surface area contributed by atoms with Crippen molar-refractivity contribution in [3.8, 4) is 0 Å². The summed E-state index contributed by atoms with van der Waals surface area (Å²) in [4.78, 5) is 7.71. The first-order valence-corrected chi connectivity index (χ1v) is 7.43. The van der Waals surface area contributed by atoms with Crippen molar-refractivity contribution in [2.45, 2.75) is 26.4 Å². The zero-order valence-electron chi connectivity index (χ0n) is 13.9. The van der Waals surface area contributed by atoms with Crippen LogP contribution in [0, 0.1) is 13.8 Å². The second-order valence-electron chi connectivity index (χ2n) is 5.45. The molecule has 4 nitrogen and oxygen atoms in total. The Morgan fingerprint density at radius 3 is 2.52 bits per heavy atom. The molecule has 0 aliphatic heterocycles. The molecule has 1 aromatic heterocycles. The molecule has 0 bridgehead atoms. The fourth-order valence-electron chi connectivity index (χ4n) is 2.07. The minimum atomic E-state index is -4.44. The van der Waals surface area contributed by atoms with E-state index in [-0.39, 0.29) is 35.9 Å². The first-order valence-electron chi connectivity index (χ1n) is 7.43. The molecule has 136 valence electrons. The number of rotatable bonds is 4. The predicted octanol–water partition coefficient (Wildman–Crippen LogP) is 4.26. The van der Waals surface area contributed by atoms with Crippen LogP contribution in [-0.2, 0) is 12.6 Å². The SMILES string of the molecule is Br.Cc1ccc(NC(N)=NCCc2cccc(C(F)(F)F)n2)cc1C. The molecule has 0 saturated heterocycles. The number of halogens is 4. The van der Waals surface area contributed by atoms with Crippen LogP contribution in [0.1, 0.15) is 22.5 Å². The number of anilines is 1. The summed E-state index contributed by atoms with van der Waals surface area (Å²) in [6, 6.07) is 9.63. The number of nitrogens with two attached hydrogens (primary N) is 1. The number of guanidine groups is 1. The molecule has 0 radical (unpaired) electrons. The lowest BCUT2D eigenvalue weighted by Gasteiger charge is -2.09. The second-order valence-corrected chi connectivity index (χ2v) is 5.45. The molecule has 2 rings (SSSR count). The largest absolute Gasteiger partial charge is 0.433 e. The number of pyridine rings is 1. The maximum absolute atomic E-state index is 12.6. The first kappa shape index (κ1) is 21.0. The van der Waals surface area contributed by atoms with Crippen molar-refractivity contribution >= 4 is 28.6 Å². The Morgan fingerprint density at radius 1 is 1.16 bits per heavy atom. The van der Waals surface area contributed by atoms with E-state index >= 15 is 0 Å². The van der Waals surface area contributed by atoms with Crippen molar-refractivity contribution in [2.24, 2.45) is 10.7 Å². The van der Waals surface area contributed by atoms with Gasteiger partial charge in [0.05, 0.1) is 0 Å². The van der Waals surface area contributed by atoms with Crippen LogP contribution in [0.15, 0.2) is 41.4 Å². The smallest absolute Gasteiger partial charge is 0.370 e. The molecule has 0 spiro atoms. The molecule has 0 fully saturated rings. The Labute approximate surface area is 155 Å². The third-order valence-corrected chi connectivity index (χ3v) is 3.53. The monoisotopic (exact) mass is 416 g/mol. The zero-order valence-corrected chi connectivity index (χ0v) is 15.6. The number of aryl methyl sites for hydroxylation is 2. The Kier molecular flexibility index (Phi) is 7.41. The number of aliphatic imine (C=N–C) groups is 1. The van der Waals surface area contributed by atoms with Gasteiger partial charge in [0, 0.05) is 24.3 Å². The van der Waals surface area contributed by atoms with Gasteiger partial charge in [-0.15, -0.1) is 17.0 Å². The van der Waals surface area contributed by atoms with Gasteiger partial charge < -0.3 is 11.1 Å². The lowest BCUT2D eigenvalue weighted by atomic mass is 10.1. The molecule has 0 saturated carbocycles. The van der Waals surface area contributed by atoms with E-state index in [1.807, 2.05) is 32.0 Å². The molecular weight excluding hydrogens is 397 g/mol. The number of benzene rings is 1. The highest BCUT2D eigenvalue weighted by atomic mass is 79.9. The highest BCUT2D eigenvalue weighted by Crippen LogP contribution is 2.27. The molecule has 3 N–H and O–H groups in total. The Balaban J connectivity index is 0.00000312. The highest BCUT2D eigenvalue weighted by molar-refractivity contribution is 8.93. The summed E-state index contributed by atoms with van der Waals surface area (Å²) >= 11 is 0. The summed E-state index contributed by atoms with van der Waals surface area (Å²) in [5, 5.41) is 2.96. The van der Waals surface area contributed by atoms with Crippen molar-refractivity contribution < 1.29 is 13.2 Å². The van der Waals surface area contributed by atoms with Gasteiger partial charge >= 0.3 is 6.18 Å². The normalized spacial score (nSPS) is 11.8. The van der Waals surface area contributed by atoms with E-state index < -0.39 is 11.9 Å². The molecule has 0 aliphatic rings. The van der Waals surface area contributed by atoms with Crippen LogP contribution in [0.3, 0.4) is 0 Å². The lowest BCUT2D eigenvalue weighted by molar-refractivity contribution is -0.141. The summed E-state index contributed by atoms with van der Waals surface area (Å²) < 4.78 is 37.8. The van der Waals surface area contributed by atoms with Crippen LogP contribution in [0.2, 0.25) is 0 Å². The van der Waals surface area contributed by atoms with Crippen LogP contribution < -0.4 is 11.1 Å². The Bertz CT molecular complexity index is 745. The number of nitrogens with zero attached hydrogens (tertiary/aromatic N) is 2. The van der Waals surface area contributed by atoms with Crippen LogP contribution in [-0.4, -0.2) is 17.5 Å². The number of hydrogen-bond acceptors (Lipinski definition) is 2. The fraction of sp³-hybridized carbons (Fsp3) is 0.294. The Morgan fingerprint density at radius 2 is 1.88 bits per heavy atom. The summed E-state index contributed by atoms with van der Waals surface area (Å²) in [6.07, 6.45) is -4.16. The average Bonchev–Trinajstić information content (AvgIpc) is 2.50. The number of aromatic nitrogens is 1. The topological polar surface area (TPSA) is 63.3 Å². The number of alkyl halides is 3. The van der Waals surface area contributed by atoms with Gasteiger partial charge in [0.15, 0.2) is 5.96 Å². The minimum Gasteiger partial charge on any atom is -0.370 e. The van der Waals surface area contributed by atoms with E-state index in [1.54, 1.807) is 0 Å². The zero-order chi connectivity index (χ0) is 17.7. The average molecular weight is 417 g/mol. The molecule has 0 amide bonds. The fourth-order valence-corrected chi connectivity index (χ4v) is 2.07. The van der Waals surface area contributed by atoms with Gasteiger partial charge in [-0.05, 0) is 49.2 Å². The summed E-state index contributed by atoms with van der Waals surface area (Å²) in [7, 11) is 0. The Hall–Kier alpha value is -2.09.